The number of nitrogens with zero attached hydrogens (tertiary/aromatic N) is 2. The summed E-state index contributed by atoms with van der Waals surface area (Å²) in [4.78, 5) is 27.4. The van der Waals surface area contributed by atoms with Crippen molar-refractivity contribution < 1.29 is 24.5 Å². The van der Waals surface area contributed by atoms with Gasteiger partial charge in [-0.25, -0.2) is 9.37 Å². The number of anilines is 1. The highest BCUT2D eigenvalue weighted by Gasteiger charge is 2.37. The molecular weight excluding hydrogens is 575 g/mol. The van der Waals surface area contributed by atoms with E-state index in [1.165, 1.54) is 22.2 Å². The van der Waals surface area contributed by atoms with Gasteiger partial charge in [-0.1, -0.05) is 23.2 Å². The van der Waals surface area contributed by atoms with Crippen LogP contribution in [-0.2, 0) is 25.7 Å². The van der Waals surface area contributed by atoms with Crippen LogP contribution in [0.4, 0.5) is 5.69 Å². The Morgan fingerprint density at radius 3 is 2.38 bits per heavy atom. The van der Waals surface area contributed by atoms with Crippen LogP contribution in [0.5, 0.6) is 11.5 Å². The molecule has 0 aliphatic carbocycles. The van der Waals surface area contributed by atoms with E-state index in [0.29, 0.717) is 5.57 Å². The number of carbonyl (C=O) groups excluding carboxylic acids is 1. The van der Waals surface area contributed by atoms with Crippen LogP contribution in [0.3, 0.4) is 0 Å². The molecule has 5 aliphatic heterocycles. The Bertz CT molecular complexity index is 1910. The number of ether oxygens (including phenoxy) is 1. The molecule has 5 aliphatic rings. The van der Waals surface area contributed by atoms with Crippen molar-refractivity contribution in [3.63, 3.8) is 0 Å². The first-order valence-corrected chi connectivity index (χ1v) is 15.5. The largest absolute Gasteiger partial charge is 0.545 e. The van der Waals surface area contributed by atoms with Gasteiger partial charge < -0.3 is 24.6 Å². The van der Waals surface area contributed by atoms with E-state index in [4.69, 9.17) is 27.9 Å². The maximum absolute atomic E-state index is 12.8. The van der Waals surface area contributed by atoms with E-state index in [1.54, 1.807) is 0 Å². The first-order chi connectivity index (χ1) is 20.3. The molecule has 0 amide bonds. The number of benzene rings is 3. The van der Waals surface area contributed by atoms with Crippen LogP contribution in [0.25, 0.3) is 5.57 Å². The zero-order chi connectivity index (χ0) is 28.9. The Morgan fingerprint density at radius 1 is 0.905 bits per heavy atom. The number of hydrogen-bond acceptors (Lipinski definition) is 5. The van der Waals surface area contributed by atoms with Crippen LogP contribution in [0.1, 0.15) is 79.8 Å². The average Bonchev–Trinajstić information content (AvgIpc) is 2.98. The topological polar surface area (TPSA) is 92.9 Å². The third-order valence-corrected chi connectivity index (χ3v) is 10.3. The lowest BCUT2D eigenvalue weighted by molar-refractivity contribution is -0.255. The molecule has 7 nitrogen and oxygen atoms in total. The van der Waals surface area contributed by atoms with Crippen molar-refractivity contribution in [2.75, 3.05) is 31.1 Å². The smallest absolute Gasteiger partial charge is 0.337 e. The summed E-state index contributed by atoms with van der Waals surface area (Å²) in [5.74, 6) is -1.36. The Labute approximate surface area is 252 Å². The Balaban J connectivity index is 1.59. The van der Waals surface area contributed by atoms with Gasteiger partial charge in [0.05, 0.1) is 27.1 Å². The molecule has 0 bridgehead atoms. The molecule has 0 atom stereocenters. The highest BCUT2D eigenvalue weighted by Crippen LogP contribution is 2.50. The number of aromatic carboxylic acids is 2. The van der Waals surface area contributed by atoms with Crippen LogP contribution >= 0.6 is 23.2 Å². The summed E-state index contributed by atoms with van der Waals surface area (Å²) in [5, 5.41) is 24.2. The third kappa shape index (κ3) is 3.62. The van der Waals surface area contributed by atoms with Crippen molar-refractivity contribution in [2.24, 2.45) is 0 Å². The van der Waals surface area contributed by atoms with Gasteiger partial charge in [0.2, 0.25) is 5.36 Å². The minimum Gasteiger partial charge on any atom is -0.545 e. The number of aryl methyl sites for hydroxylation is 2. The minimum absolute atomic E-state index is 0.105. The SMILES string of the molecule is O=C([O-])c1cc(Cl)c(C(=O)O)c(C2=c3cc4c5c(c3Oc3c2cc2c6c3CCCN6CCC2)CCC[N+]=5CCC4)c1Cl. The highest BCUT2D eigenvalue weighted by molar-refractivity contribution is 6.39. The normalized spacial score (nSPS) is 18.0. The lowest BCUT2D eigenvalue weighted by Gasteiger charge is -2.39. The fourth-order valence-electron chi connectivity index (χ4n) is 8.00. The van der Waals surface area contributed by atoms with Gasteiger partial charge in [-0.2, -0.15) is 0 Å². The van der Waals surface area contributed by atoms with Crippen molar-refractivity contribution in [2.45, 2.75) is 51.4 Å². The standard InChI is InChI=1S/C33H28Cl2N2O5/c34-23-15-22(32(38)39)27(35)26(25(23)33(40)41)24-20-13-16-5-1-9-36-11-3-7-18(28(16)36)30(20)42-31-19-8-4-12-37-10-2-6-17(29(19)37)14-21(24)31/h13-15H,1-12H2,(H-,38,39,40,41). The summed E-state index contributed by atoms with van der Waals surface area (Å²) in [6.07, 6.45) is 7.52. The summed E-state index contributed by atoms with van der Waals surface area (Å²) in [5.41, 5.74) is 6.74. The number of halogens is 2. The number of carboxylic acid groups (broad SMARTS) is 2. The quantitative estimate of drug-likeness (QED) is 0.361. The molecule has 0 aromatic heterocycles. The molecule has 214 valence electrons. The van der Waals surface area contributed by atoms with Crippen LogP contribution in [0.15, 0.2) is 18.2 Å². The van der Waals surface area contributed by atoms with Crippen molar-refractivity contribution in [1.29, 1.82) is 0 Å². The molecule has 0 spiro atoms. The van der Waals surface area contributed by atoms with Gasteiger partial charge >= 0.3 is 5.97 Å². The second-order valence-electron chi connectivity index (χ2n) is 11.9. The highest BCUT2D eigenvalue weighted by atomic mass is 35.5. The van der Waals surface area contributed by atoms with E-state index < -0.39 is 11.9 Å². The van der Waals surface area contributed by atoms with Crippen LogP contribution in [-0.4, -0.2) is 43.2 Å². The maximum Gasteiger partial charge on any atom is 0.337 e. The molecule has 3 aromatic rings. The summed E-state index contributed by atoms with van der Waals surface area (Å²) >= 11 is 13.4. The van der Waals surface area contributed by atoms with Crippen molar-refractivity contribution >= 4 is 46.4 Å². The predicted octanol–water partition coefficient (Wildman–Crippen LogP) is 3.49. The van der Waals surface area contributed by atoms with Gasteiger partial charge in [-0.3, -0.25) is 0 Å². The molecule has 0 radical (unpaired) electrons. The number of carbonyl (C=O) groups is 2. The zero-order valence-corrected chi connectivity index (χ0v) is 24.5. The molecule has 0 fully saturated rings. The number of rotatable bonds is 3. The third-order valence-electron chi connectivity index (χ3n) is 9.59. The van der Waals surface area contributed by atoms with Gasteiger partial charge in [-0.05, 0) is 62.3 Å². The van der Waals surface area contributed by atoms with Crippen LogP contribution < -0.4 is 29.9 Å². The van der Waals surface area contributed by atoms with Crippen molar-refractivity contribution in [3.05, 3.63) is 83.3 Å². The number of fused-ring (bicyclic) bond motifs is 4. The molecule has 3 aromatic carbocycles. The molecule has 8 rings (SSSR count). The Morgan fingerprint density at radius 2 is 1.62 bits per heavy atom. The molecule has 9 heteroatoms. The van der Waals surface area contributed by atoms with Gasteiger partial charge in [-0.15, -0.1) is 0 Å². The second kappa shape index (κ2) is 9.48. The van der Waals surface area contributed by atoms with Crippen molar-refractivity contribution in [3.8, 4) is 11.5 Å². The maximum atomic E-state index is 12.8. The van der Waals surface area contributed by atoms with E-state index in [-0.39, 0.29) is 26.7 Å². The van der Waals surface area contributed by atoms with E-state index in [9.17, 15) is 19.8 Å². The molecule has 42 heavy (non-hydrogen) atoms. The summed E-state index contributed by atoms with van der Waals surface area (Å²) in [7, 11) is 0. The fraction of sp³-hybridized carbons (Fsp3) is 0.364. The molecule has 0 saturated carbocycles. The number of hydrogen-bond donors (Lipinski definition) is 1. The molecule has 0 unspecified atom stereocenters. The van der Waals surface area contributed by atoms with E-state index in [1.807, 2.05) is 0 Å². The van der Waals surface area contributed by atoms with E-state index >= 15 is 0 Å². The zero-order valence-electron chi connectivity index (χ0n) is 22.9. The van der Waals surface area contributed by atoms with E-state index in [0.717, 1.165) is 117 Å². The van der Waals surface area contributed by atoms with Gasteiger partial charge in [0.1, 0.15) is 24.6 Å². The minimum atomic E-state index is -1.51. The molecule has 5 heterocycles. The van der Waals surface area contributed by atoms with Crippen molar-refractivity contribution in [1.82, 2.24) is 4.58 Å². The summed E-state index contributed by atoms with van der Waals surface area (Å²) in [6, 6.07) is 5.31. The number of carboxylic acids is 2. The predicted molar refractivity (Wildman–Crippen MR) is 158 cm³/mol. The lowest BCUT2D eigenvalue weighted by Crippen LogP contribution is -2.45. The molecule has 1 N–H and O–H groups in total. The summed E-state index contributed by atoms with van der Waals surface area (Å²) < 4.78 is 9.43. The van der Waals surface area contributed by atoms with Gasteiger partial charge in [0, 0.05) is 70.2 Å². The Hall–Kier alpha value is -3.55. The molecular formula is C33H28Cl2N2O5. The Kier molecular flexibility index (Phi) is 5.89. The van der Waals surface area contributed by atoms with E-state index in [2.05, 4.69) is 21.6 Å². The van der Waals surface area contributed by atoms with Gasteiger partial charge in [0.25, 0.3) is 0 Å². The first kappa shape index (κ1) is 26.1. The lowest BCUT2D eigenvalue weighted by atomic mass is 9.81. The average molecular weight is 604 g/mol. The second-order valence-corrected chi connectivity index (χ2v) is 12.7. The first-order valence-electron chi connectivity index (χ1n) is 14.7. The monoisotopic (exact) mass is 602 g/mol. The molecule has 0 saturated heterocycles. The van der Waals surface area contributed by atoms with Gasteiger partial charge in [0.15, 0.2) is 0 Å². The summed E-state index contributed by atoms with van der Waals surface area (Å²) in [6.45, 7) is 3.99. The van der Waals surface area contributed by atoms with Crippen LogP contribution in [0, 0.1) is 0 Å². The van der Waals surface area contributed by atoms with Crippen LogP contribution in [0.2, 0.25) is 10.0 Å². The fourth-order valence-corrected chi connectivity index (χ4v) is 8.61.